The summed E-state index contributed by atoms with van der Waals surface area (Å²) in [5.74, 6) is 0.331. The molecule has 0 atom stereocenters. The molecule has 1 saturated carbocycles. The van der Waals surface area contributed by atoms with E-state index in [1.54, 1.807) is 0 Å². The molecule has 0 spiro atoms. The molecule has 33 heavy (non-hydrogen) atoms. The second-order valence-electron chi connectivity index (χ2n) is 9.38. The van der Waals surface area contributed by atoms with E-state index in [0.29, 0.717) is 23.1 Å². The molecule has 2 aromatic carbocycles. The lowest BCUT2D eigenvalue weighted by Crippen LogP contribution is -2.22. The number of unbranched alkanes of at least 4 members (excludes halogenated alkanes) is 4. The molecule has 0 radical (unpaired) electrons. The van der Waals surface area contributed by atoms with Crippen molar-refractivity contribution in [1.29, 1.82) is 10.5 Å². The van der Waals surface area contributed by atoms with Crippen molar-refractivity contribution in [3.8, 4) is 23.3 Å². The van der Waals surface area contributed by atoms with E-state index in [-0.39, 0.29) is 0 Å². The van der Waals surface area contributed by atoms with Crippen LogP contribution in [0, 0.1) is 22.7 Å². The Bertz CT molecular complexity index is 957. The van der Waals surface area contributed by atoms with Crippen LogP contribution < -0.4 is 0 Å². The first kappa shape index (κ1) is 25.0. The Morgan fingerprint density at radius 1 is 0.788 bits per heavy atom. The fourth-order valence-corrected chi connectivity index (χ4v) is 5.07. The van der Waals surface area contributed by atoms with Crippen LogP contribution in [-0.2, 0) is 11.2 Å². The zero-order valence-electron chi connectivity index (χ0n) is 20.4. The van der Waals surface area contributed by atoms with Crippen molar-refractivity contribution < 1.29 is 4.74 Å². The Morgan fingerprint density at radius 3 is 2.12 bits per heavy atom. The van der Waals surface area contributed by atoms with Crippen molar-refractivity contribution in [2.45, 2.75) is 96.5 Å². The lowest BCUT2D eigenvalue weighted by atomic mass is 9.79. The van der Waals surface area contributed by atoms with Gasteiger partial charge in [-0.1, -0.05) is 82.3 Å². The van der Waals surface area contributed by atoms with Gasteiger partial charge in [-0.05, 0) is 61.1 Å². The summed E-state index contributed by atoms with van der Waals surface area (Å²) < 4.78 is 6.14. The first-order valence-electron chi connectivity index (χ1n) is 12.9. The molecule has 0 unspecified atom stereocenters. The Hall–Kier alpha value is -2.62. The van der Waals surface area contributed by atoms with Crippen LogP contribution in [0.3, 0.4) is 0 Å². The van der Waals surface area contributed by atoms with Gasteiger partial charge in [0.05, 0.1) is 17.2 Å². The summed E-state index contributed by atoms with van der Waals surface area (Å²) in [7, 11) is 0. The van der Waals surface area contributed by atoms with Crippen LogP contribution in [-0.4, -0.2) is 12.7 Å². The third kappa shape index (κ3) is 6.69. The maximum Gasteiger partial charge on any atom is 0.101 e. The van der Waals surface area contributed by atoms with Gasteiger partial charge >= 0.3 is 0 Å². The standard InChI is InChI=1S/C30H38N2O/c1-3-5-6-7-8-20-33-26-16-14-25(15-17-26)28-19-18-27(29(21-31)30(28)22-32)24-12-10-23(9-4-2)11-13-24/h10-13,18-19,25-26H,3-9,14-17,20H2,1-2H3. The minimum atomic E-state index is 0.331. The SMILES string of the molecule is CCCCCCCOC1CCC(c2ccc(-c3ccc(CCC)cc3)c(C#N)c2C#N)CC1. The highest BCUT2D eigenvalue weighted by atomic mass is 16.5. The average molecular weight is 443 g/mol. The molecule has 174 valence electrons. The van der Waals surface area contributed by atoms with E-state index in [0.717, 1.165) is 68.2 Å². The molecule has 1 aliphatic carbocycles. The van der Waals surface area contributed by atoms with Crippen LogP contribution in [0.2, 0.25) is 0 Å². The predicted molar refractivity (Wildman–Crippen MR) is 135 cm³/mol. The fourth-order valence-electron chi connectivity index (χ4n) is 5.07. The van der Waals surface area contributed by atoms with Gasteiger partial charge in [-0.15, -0.1) is 0 Å². The highest BCUT2D eigenvalue weighted by Crippen LogP contribution is 2.38. The van der Waals surface area contributed by atoms with Gasteiger partial charge < -0.3 is 4.74 Å². The van der Waals surface area contributed by atoms with Gasteiger partial charge in [0.1, 0.15) is 12.1 Å². The highest BCUT2D eigenvalue weighted by molar-refractivity contribution is 5.75. The quantitative estimate of drug-likeness (QED) is 0.331. The molecule has 0 heterocycles. The summed E-state index contributed by atoms with van der Waals surface area (Å²) in [5.41, 5.74) is 5.29. The molecule has 3 nitrogen and oxygen atoms in total. The molecule has 0 bridgehead atoms. The molecular formula is C30H38N2O. The van der Waals surface area contributed by atoms with E-state index < -0.39 is 0 Å². The number of benzene rings is 2. The van der Waals surface area contributed by atoms with Crippen LogP contribution in [0.25, 0.3) is 11.1 Å². The van der Waals surface area contributed by atoms with Gasteiger partial charge in [0.2, 0.25) is 0 Å². The molecule has 1 aliphatic rings. The topological polar surface area (TPSA) is 56.8 Å². The van der Waals surface area contributed by atoms with E-state index >= 15 is 0 Å². The lowest BCUT2D eigenvalue weighted by Gasteiger charge is -2.29. The molecule has 2 aromatic rings. The Balaban J connectivity index is 1.66. The van der Waals surface area contributed by atoms with Crippen molar-refractivity contribution in [2.75, 3.05) is 6.61 Å². The van der Waals surface area contributed by atoms with Gasteiger partial charge in [-0.25, -0.2) is 0 Å². The average Bonchev–Trinajstić information content (AvgIpc) is 2.86. The largest absolute Gasteiger partial charge is 0.378 e. The molecule has 0 amide bonds. The Kier molecular flexibility index (Phi) is 9.99. The summed E-state index contributed by atoms with van der Waals surface area (Å²) >= 11 is 0. The number of nitriles is 2. The summed E-state index contributed by atoms with van der Waals surface area (Å²) in [6.07, 6.45) is 12.9. The van der Waals surface area contributed by atoms with Gasteiger partial charge in [-0.3, -0.25) is 0 Å². The van der Waals surface area contributed by atoms with Crippen LogP contribution in [0.15, 0.2) is 36.4 Å². The van der Waals surface area contributed by atoms with Gasteiger partial charge in [0.25, 0.3) is 0 Å². The minimum absolute atomic E-state index is 0.331. The molecule has 3 rings (SSSR count). The number of ether oxygens (including phenoxy) is 1. The zero-order valence-corrected chi connectivity index (χ0v) is 20.4. The summed E-state index contributed by atoms with van der Waals surface area (Å²) in [6, 6.07) is 17.3. The zero-order chi connectivity index (χ0) is 23.5. The highest BCUT2D eigenvalue weighted by Gasteiger charge is 2.26. The normalized spacial score (nSPS) is 17.9. The molecule has 0 aliphatic heterocycles. The number of nitrogens with zero attached hydrogens (tertiary/aromatic N) is 2. The van der Waals surface area contributed by atoms with Crippen molar-refractivity contribution in [3.05, 3.63) is 58.7 Å². The van der Waals surface area contributed by atoms with E-state index in [4.69, 9.17) is 4.74 Å². The van der Waals surface area contributed by atoms with E-state index in [1.807, 2.05) is 6.07 Å². The molecule has 0 N–H and O–H groups in total. The van der Waals surface area contributed by atoms with E-state index in [2.05, 4.69) is 56.3 Å². The second kappa shape index (κ2) is 13.2. The summed E-state index contributed by atoms with van der Waals surface area (Å²) in [5, 5.41) is 19.9. The molecule has 3 heteroatoms. The van der Waals surface area contributed by atoms with Crippen molar-refractivity contribution in [1.82, 2.24) is 0 Å². The third-order valence-electron chi connectivity index (χ3n) is 6.98. The van der Waals surface area contributed by atoms with Crippen LogP contribution >= 0.6 is 0 Å². The van der Waals surface area contributed by atoms with Gasteiger partial charge in [0, 0.05) is 12.2 Å². The molecule has 1 fully saturated rings. The van der Waals surface area contributed by atoms with Crippen molar-refractivity contribution in [3.63, 3.8) is 0 Å². The fraction of sp³-hybridized carbons (Fsp3) is 0.533. The maximum atomic E-state index is 9.98. The van der Waals surface area contributed by atoms with Crippen LogP contribution in [0.4, 0.5) is 0 Å². The lowest BCUT2D eigenvalue weighted by molar-refractivity contribution is 0.0226. The van der Waals surface area contributed by atoms with Crippen LogP contribution in [0.5, 0.6) is 0 Å². The molecule has 0 aromatic heterocycles. The van der Waals surface area contributed by atoms with Gasteiger partial charge in [-0.2, -0.15) is 10.5 Å². The second-order valence-corrected chi connectivity index (χ2v) is 9.38. The monoisotopic (exact) mass is 442 g/mol. The molecular weight excluding hydrogens is 404 g/mol. The van der Waals surface area contributed by atoms with Crippen molar-refractivity contribution >= 4 is 0 Å². The summed E-state index contributed by atoms with van der Waals surface area (Å²) in [4.78, 5) is 0. The Morgan fingerprint density at radius 2 is 1.48 bits per heavy atom. The third-order valence-corrected chi connectivity index (χ3v) is 6.98. The summed E-state index contributed by atoms with van der Waals surface area (Å²) in [6.45, 7) is 5.28. The molecule has 0 saturated heterocycles. The number of hydrogen-bond donors (Lipinski definition) is 0. The van der Waals surface area contributed by atoms with E-state index in [1.165, 1.54) is 31.2 Å². The smallest absolute Gasteiger partial charge is 0.101 e. The number of hydrogen-bond acceptors (Lipinski definition) is 3. The van der Waals surface area contributed by atoms with Gasteiger partial charge in [0.15, 0.2) is 0 Å². The Labute approximate surface area is 200 Å². The number of rotatable bonds is 11. The minimum Gasteiger partial charge on any atom is -0.378 e. The number of aryl methyl sites for hydroxylation is 1. The van der Waals surface area contributed by atoms with E-state index in [9.17, 15) is 10.5 Å². The van der Waals surface area contributed by atoms with Crippen molar-refractivity contribution in [2.24, 2.45) is 0 Å². The first-order chi connectivity index (χ1) is 16.2. The predicted octanol–water partition coefficient (Wildman–Crippen LogP) is 8.06. The van der Waals surface area contributed by atoms with Crippen LogP contribution in [0.1, 0.15) is 106 Å². The first-order valence-corrected chi connectivity index (χ1v) is 12.9. The maximum absolute atomic E-state index is 9.98.